The van der Waals surface area contributed by atoms with Crippen LogP contribution in [0.4, 0.5) is 11.5 Å². The summed E-state index contributed by atoms with van der Waals surface area (Å²) in [5.41, 5.74) is 7.54. The number of carbonyl (C=O) groups excluding carboxylic acids is 1. The van der Waals surface area contributed by atoms with Gasteiger partial charge in [-0.1, -0.05) is 12.1 Å². The predicted octanol–water partition coefficient (Wildman–Crippen LogP) is 3.48. The maximum Gasteiger partial charge on any atom is 0.237 e. The van der Waals surface area contributed by atoms with Gasteiger partial charge >= 0.3 is 0 Å². The van der Waals surface area contributed by atoms with Crippen LogP contribution in [0.3, 0.4) is 0 Å². The predicted molar refractivity (Wildman–Crippen MR) is 106 cm³/mol. The summed E-state index contributed by atoms with van der Waals surface area (Å²) in [5, 5.41) is 3.47. The molecule has 0 aliphatic heterocycles. The molecule has 0 saturated heterocycles. The Morgan fingerprint density at radius 3 is 2.65 bits per heavy atom. The van der Waals surface area contributed by atoms with E-state index in [1.54, 1.807) is 31.4 Å². The maximum atomic E-state index is 12.3. The van der Waals surface area contributed by atoms with Crippen molar-refractivity contribution in [3.05, 3.63) is 54.4 Å². The van der Waals surface area contributed by atoms with Crippen molar-refractivity contribution in [1.29, 1.82) is 0 Å². The Balaban J connectivity index is 1.60. The zero-order chi connectivity index (χ0) is 18.5. The lowest BCUT2D eigenvalue weighted by atomic mass is 10.2. The van der Waals surface area contributed by atoms with Crippen LogP contribution in [-0.4, -0.2) is 28.2 Å². The molecule has 134 valence electrons. The van der Waals surface area contributed by atoms with Gasteiger partial charge in [-0.2, -0.15) is 0 Å². The van der Waals surface area contributed by atoms with E-state index in [4.69, 9.17) is 10.5 Å². The second-order valence-corrected chi connectivity index (χ2v) is 7.04. The first kappa shape index (κ1) is 18.0. The number of nitrogens with one attached hydrogen (secondary N) is 1. The standard InChI is InChI=1S/C19H20N4O2S/c1-12(19(24)21-13-7-9-14(25-2)10-8-13)26-11-17-22-16-6-4-3-5-15(16)18(20)23-17/h3-10,12H,11H2,1-2H3,(H,21,24)(H2,20,22,23)/t12-/m0/s1. The number of carbonyl (C=O) groups is 1. The first-order valence-corrected chi connectivity index (χ1v) is 9.19. The number of methoxy groups -OCH3 is 1. The minimum Gasteiger partial charge on any atom is -0.497 e. The molecular formula is C19H20N4O2S. The number of benzene rings is 2. The number of fused-ring (bicyclic) bond motifs is 1. The fourth-order valence-electron chi connectivity index (χ4n) is 2.41. The topological polar surface area (TPSA) is 90.1 Å². The molecule has 0 saturated carbocycles. The number of nitrogen functional groups attached to an aromatic ring is 1. The molecule has 3 N–H and O–H groups in total. The van der Waals surface area contributed by atoms with Gasteiger partial charge in [0.1, 0.15) is 17.4 Å². The molecule has 1 aromatic heterocycles. The maximum absolute atomic E-state index is 12.3. The number of amides is 1. The van der Waals surface area contributed by atoms with Crippen LogP contribution < -0.4 is 15.8 Å². The van der Waals surface area contributed by atoms with Gasteiger partial charge in [-0.25, -0.2) is 9.97 Å². The van der Waals surface area contributed by atoms with E-state index in [2.05, 4.69) is 15.3 Å². The van der Waals surface area contributed by atoms with Crippen LogP contribution in [0, 0.1) is 0 Å². The molecule has 0 spiro atoms. The number of para-hydroxylation sites is 1. The van der Waals surface area contributed by atoms with E-state index in [1.807, 2.05) is 31.2 Å². The van der Waals surface area contributed by atoms with E-state index in [9.17, 15) is 4.79 Å². The lowest BCUT2D eigenvalue weighted by molar-refractivity contribution is -0.115. The van der Waals surface area contributed by atoms with Crippen molar-refractivity contribution >= 4 is 40.1 Å². The molecule has 6 nitrogen and oxygen atoms in total. The summed E-state index contributed by atoms with van der Waals surface area (Å²) in [4.78, 5) is 21.2. The first-order valence-electron chi connectivity index (χ1n) is 8.14. The van der Waals surface area contributed by atoms with Gasteiger partial charge < -0.3 is 15.8 Å². The molecule has 0 aliphatic carbocycles. The molecule has 1 atom stereocenters. The second kappa shape index (κ2) is 8.05. The molecule has 2 aromatic carbocycles. The summed E-state index contributed by atoms with van der Waals surface area (Å²) in [6, 6.07) is 14.8. The molecule has 1 amide bonds. The molecule has 0 unspecified atom stereocenters. The Morgan fingerprint density at radius 1 is 1.19 bits per heavy atom. The zero-order valence-corrected chi connectivity index (χ0v) is 15.4. The van der Waals surface area contributed by atoms with Crippen molar-refractivity contribution < 1.29 is 9.53 Å². The highest BCUT2D eigenvalue weighted by atomic mass is 32.2. The number of nitrogens with two attached hydrogens (primary N) is 1. The third-order valence-electron chi connectivity index (χ3n) is 3.87. The van der Waals surface area contributed by atoms with Gasteiger partial charge in [0, 0.05) is 11.1 Å². The molecular weight excluding hydrogens is 348 g/mol. The van der Waals surface area contributed by atoms with Crippen LogP contribution in [0.2, 0.25) is 0 Å². The molecule has 0 bridgehead atoms. The van der Waals surface area contributed by atoms with Crippen LogP contribution in [0.25, 0.3) is 10.9 Å². The number of hydrogen-bond donors (Lipinski definition) is 2. The zero-order valence-electron chi connectivity index (χ0n) is 14.6. The Morgan fingerprint density at radius 2 is 1.92 bits per heavy atom. The van der Waals surface area contributed by atoms with E-state index in [-0.39, 0.29) is 11.2 Å². The van der Waals surface area contributed by atoms with Crippen molar-refractivity contribution in [3.8, 4) is 5.75 Å². The van der Waals surface area contributed by atoms with Crippen LogP contribution in [0.5, 0.6) is 5.75 Å². The third kappa shape index (κ3) is 4.23. The fourth-order valence-corrected chi connectivity index (χ4v) is 3.15. The molecule has 26 heavy (non-hydrogen) atoms. The highest BCUT2D eigenvalue weighted by molar-refractivity contribution is 7.99. The molecule has 0 fully saturated rings. The van der Waals surface area contributed by atoms with Gasteiger partial charge in [0.15, 0.2) is 0 Å². The molecule has 1 heterocycles. The molecule has 3 aromatic rings. The highest BCUT2D eigenvalue weighted by Gasteiger charge is 2.15. The van der Waals surface area contributed by atoms with Crippen molar-refractivity contribution in [2.24, 2.45) is 0 Å². The number of rotatable bonds is 6. The average Bonchev–Trinajstić information content (AvgIpc) is 2.66. The third-order valence-corrected chi connectivity index (χ3v) is 5.01. The van der Waals surface area contributed by atoms with E-state index in [0.29, 0.717) is 17.4 Å². The van der Waals surface area contributed by atoms with Crippen LogP contribution in [-0.2, 0) is 10.5 Å². The van der Waals surface area contributed by atoms with Crippen molar-refractivity contribution in [1.82, 2.24) is 9.97 Å². The summed E-state index contributed by atoms with van der Waals surface area (Å²) < 4.78 is 5.11. The Bertz CT molecular complexity index is 915. The van der Waals surface area contributed by atoms with E-state index >= 15 is 0 Å². The van der Waals surface area contributed by atoms with Gasteiger partial charge in [-0.15, -0.1) is 11.8 Å². The Labute approximate surface area is 156 Å². The summed E-state index contributed by atoms with van der Waals surface area (Å²) in [6.07, 6.45) is 0. The summed E-state index contributed by atoms with van der Waals surface area (Å²) >= 11 is 1.46. The number of anilines is 2. The number of ether oxygens (including phenoxy) is 1. The van der Waals surface area contributed by atoms with Crippen molar-refractivity contribution in [2.45, 2.75) is 17.9 Å². The SMILES string of the molecule is COc1ccc(NC(=O)[C@H](C)SCc2nc(N)c3ccccc3n2)cc1. The van der Waals surface area contributed by atoms with Crippen LogP contribution in [0.1, 0.15) is 12.7 Å². The quantitative estimate of drug-likeness (QED) is 0.692. The summed E-state index contributed by atoms with van der Waals surface area (Å²) in [6.45, 7) is 1.86. The number of aromatic nitrogens is 2. The van der Waals surface area contributed by atoms with Gasteiger partial charge in [0.05, 0.1) is 23.6 Å². The lowest BCUT2D eigenvalue weighted by Gasteiger charge is -2.12. The van der Waals surface area contributed by atoms with Gasteiger partial charge in [-0.05, 0) is 43.3 Å². The Hall–Kier alpha value is -2.80. The normalized spacial score (nSPS) is 11.9. The number of nitrogens with zero attached hydrogens (tertiary/aromatic N) is 2. The van der Waals surface area contributed by atoms with E-state index in [0.717, 1.165) is 22.3 Å². The van der Waals surface area contributed by atoms with Crippen LogP contribution >= 0.6 is 11.8 Å². The van der Waals surface area contributed by atoms with E-state index in [1.165, 1.54) is 11.8 Å². The van der Waals surface area contributed by atoms with Crippen molar-refractivity contribution in [3.63, 3.8) is 0 Å². The number of hydrogen-bond acceptors (Lipinski definition) is 6. The molecule has 7 heteroatoms. The van der Waals surface area contributed by atoms with E-state index < -0.39 is 0 Å². The van der Waals surface area contributed by atoms with Gasteiger partial charge in [0.2, 0.25) is 5.91 Å². The highest BCUT2D eigenvalue weighted by Crippen LogP contribution is 2.22. The summed E-state index contributed by atoms with van der Waals surface area (Å²) in [7, 11) is 1.61. The second-order valence-electron chi connectivity index (χ2n) is 5.71. The smallest absolute Gasteiger partial charge is 0.237 e. The van der Waals surface area contributed by atoms with Gasteiger partial charge in [-0.3, -0.25) is 4.79 Å². The minimum absolute atomic E-state index is 0.0751. The number of thioether (sulfide) groups is 1. The lowest BCUT2D eigenvalue weighted by Crippen LogP contribution is -2.22. The Kier molecular flexibility index (Phi) is 5.58. The fraction of sp³-hybridized carbons (Fsp3) is 0.211. The van der Waals surface area contributed by atoms with Crippen molar-refractivity contribution in [2.75, 3.05) is 18.2 Å². The average molecular weight is 368 g/mol. The van der Waals surface area contributed by atoms with Crippen LogP contribution in [0.15, 0.2) is 48.5 Å². The first-order chi connectivity index (χ1) is 12.6. The minimum atomic E-state index is -0.256. The largest absolute Gasteiger partial charge is 0.497 e. The monoisotopic (exact) mass is 368 g/mol. The van der Waals surface area contributed by atoms with Gasteiger partial charge in [0.25, 0.3) is 0 Å². The molecule has 0 aliphatic rings. The molecule has 3 rings (SSSR count). The summed E-state index contributed by atoms with van der Waals surface area (Å²) in [5.74, 6) is 2.26. The molecule has 0 radical (unpaired) electrons.